The molecule has 2 rings (SSSR count). The fourth-order valence-corrected chi connectivity index (χ4v) is 2.51. The van der Waals surface area contributed by atoms with Gasteiger partial charge in [0.25, 0.3) is 0 Å². The number of furan rings is 1. The first-order valence-electron chi connectivity index (χ1n) is 8.58. The Morgan fingerprint density at radius 3 is 2.83 bits per heavy atom. The van der Waals surface area contributed by atoms with E-state index in [2.05, 4.69) is 21.7 Å². The zero-order valence-electron chi connectivity index (χ0n) is 14.9. The van der Waals surface area contributed by atoms with Gasteiger partial charge in [0.1, 0.15) is 17.1 Å². The molecule has 0 spiro atoms. The number of aliphatic hydroxyl groups is 1. The van der Waals surface area contributed by atoms with Gasteiger partial charge in [-0.15, -0.1) is 0 Å². The third-order valence-electron chi connectivity index (χ3n) is 3.96. The van der Waals surface area contributed by atoms with Gasteiger partial charge in [-0.3, -0.25) is 0 Å². The average molecular weight is 335 g/mol. The maximum absolute atomic E-state index is 10.6. The first kappa shape index (κ1) is 18.5. The molecular weight excluding hydrogens is 306 g/mol. The Labute approximate surface area is 144 Å². The van der Waals surface area contributed by atoms with Gasteiger partial charge in [0.05, 0.1) is 19.8 Å². The van der Waals surface area contributed by atoms with Crippen molar-refractivity contribution in [1.82, 2.24) is 10.6 Å². The molecule has 1 unspecified atom stereocenters. The lowest BCUT2D eigenvalue weighted by Gasteiger charge is -2.20. The Bertz CT molecular complexity index is 576. The molecule has 3 N–H and O–H groups in total. The Morgan fingerprint density at radius 2 is 2.21 bits per heavy atom. The summed E-state index contributed by atoms with van der Waals surface area (Å²) in [7, 11) is 0. The number of nitrogens with one attached hydrogen (secondary N) is 2. The quantitative estimate of drug-likeness (QED) is 0.404. The van der Waals surface area contributed by atoms with Crippen LogP contribution in [-0.2, 0) is 10.3 Å². The molecule has 6 heteroatoms. The van der Waals surface area contributed by atoms with Gasteiger partial charge < -0.3 is 24.9 Å². The van der Waals surface area contributed by atoms with Crippen molar-refractivity contribution in [2.75, 3.05) is 32.8 Å². The molecule has 0 saturated carbocycles. The average Bonchev–Trinajstić information content (AvgIpc) is 3.01. The number of ether oxygens (including phenoxy) is 1. The number of aryl methyl sites for hydroxylation is 1. The van der Waals surface area contributed by atoms with E-state index >= 15 is 0 Å². The first-order chi connectivity index (χ1) is 11.5. The normalized spacial score (nSPS) is 18.0. The molecule has 0 aromatic carbocycles. The second kappa shape index (κ2) is 8.89. The van der Waals surface area contributed by atoms with Gasteiger partial charge in [-0.05, 0) is 45.7 Å². The highest BCUT2D eigenvalue weighted by molar-refractivity contribution is 5.79. The number of aliphatic imine (C=N–C) groups is 1. The summed E-state index contributed by atoms with van der Waals surface area (Å²) in [4.78, 5) is 4.49. The van der Waals surface area contributed by atoms with E-state index in [9.17, 15) is 5.11 Å². The molecule has 0 bridgehead atoms. The van der Waals surface area contributed by atoms with Crippen molar-refractivity contribution < 1.29 is 14.3 Å². The van der Waals surface area contributed by atoms with Crippen LogP contribution >= 0.6 is 0 Å². The molecule has 0 fully saturated rings. The van der Waals surface area contributed by atoms with E-state index in [1.54, 1.807) is 13.0 Å². The van der Waals surface area contributed by atoms with E-state index in [0.717, 1.165) is 44.9 Å². The second-order valence-corrected chi connectivity index (χ2v) is 6.24. The summed E-state index contributed by atoms with van der Waals surface area (Å²) in [5, 5.41) is 17.1. The van der Waals surface area contributed by atoms with Crippen LogP contribution in [0.15, 0.2) is 33.2 Å². The molecule has 1 aromatic heterocycles. The van der Waals surface area contributed by atoms with Crippen molar-refractivity contribution in [2.24, 2.45) is 4.99 Å². The number of hydrogen-bond donors (Lipinski definition) is 3. The molecule has 2 heterocycles. The summed E-state index contributed by atoms with van der Waals surface area (Å²) in [6.45, 7) is 8.92. The zero-order chi connectivity index (χ0) is 17.4. The number of nitrogens with zero attached hydrogens (tertiary/aromatic N) is 1. The third kappa shape index (κ3) is 5.69. The van der Waals surface area contributed by atoms with Crippen LogP contribution in [0.4, 0.5) is 0 Å². The van der Waals surface area contributed by atoms with Gasteiger partial charge in [0.2, 0.25) is 0 Å². The molecule has 1 atom stereocenters. The Kier molecular flexibility index (Phi) is 6.87. The summed E-state index contributed by atoms with van der Waals surface area (Å²) >= 11 is 0. The van der Waals surface area contributed by atoms with E-state index in [4.69, 9.17) is 9.15 Å². The molecule has 1 aliphatic rings. The molecule has 0 radical (unpaired) electrons. The van der Waals surface area contributed by atoms with Crippen molar-refractivity contribution in [2.45, 2.75) is 39.2 Å². The smallest absolute Gasteiger partial charge is 0.191 e. The van der Waals surface area contributed by atoms with Crippen molar-refractivity contribution in [3.8, 4) is 0 Å². The van der Waals surface area contributed by atoms with E-state index in [1.807, 2.05) is 19.9 Å². The lowest BCUT2D eigenvalue weighted by atomic mass is 10.0. The minimum Gasteiger partial charge on any atom is -0.463 e. The van der Waals surface area contributed by atoms with Gasteiger partial charge in [-0.25, -0.2) is 4.99 Å². The molecule has 1 aromatic rings. The molecule has 6 nitrogen and oxygen atoms in total. The van der Waals surface area contributed by atoms with E-state index in [0.29, 0.717) is 11.7 Å². The van der Waals surface area contributed by atoms with E-state index < -0.39 is 5.60 Å². The second-order valence-electron chi connectivity index (χ2n) is 6.24. The number of rotatable bonds is 7. The fourth-order valence-electron chi connectivity index (χ4n) is 2.51. The summed E-state index contributed by atoms with van der Waals surface area (Å²) in [5.74, 6) is 2.02. The van der Waals surface area contributed by atoms with Crippen molar-refractivity contribution in [3.63, 3.8) is 0 Å². The van der Waals surface area contributed by atoms with Gasteiger partial charge in [-0.2, -0.15) is 0 Å². The molecule has 134 valence electrons. The standard InChI is InChI=1S/C18H29N3O3/c1-4-19-17(20-10-7-15-8-11-23-12-9-15)21-13-18(3,22)16-6-5-14(2)24-16/h5-6,8,22H,4,7,9-13H2,1-3H3,(H2,19,20,21). The lowest BCUT2D eigenvalue weighted by molar-refractivity contribution is 0.0428. The largest absolute Gasteiger partial charge is 0.463 e. The third-order valence-corrected chi connectivity index (χ3v) is 3.96. The van der Waals surface area contributed by atoms with Crippen LogP contribution < -0.4 is 10.6 Å². The SMILES string of the molecule is CCNC(=NCC(C)(O)c1ccc(C)o1)NCCC1=CCOCC1. The number of guanidine groups is 1. The lowest BCUT2D eigenvalue weighted by Crippen LogP contribution is -2.39. The van der Waals surface area contributed by atoms with E-state index in [1.165, 1.54) is 5.57 Å². The van der Waals surface area contributed by atoms with Crippen molar-refractivity contribution in [3.05, 3.63) is 35.3 Å². The summed E-state index contributed by atoms with van der Waals surface area (Å²) in [6.07, 6.45) is 4.13. The van der Waals surface area contributed by atoms with Gasteiger partial charge in [0, 0.05) is 13.1 Å². The predicted octanol–water partition coefficient (Wildman–Crippen LogP) is 2.09. The molecule has 0 amide bonds. The number of hydrogen-bond acceptors (Lipinski definition) is 4. The monoisotopic (exact) mass is 335 g/mol. The van der Waals surface area contributed by atoms with Crippen LogP contribution in [0.3, 0.4) is 0 Å². The van der Waals surface area contributed by atoms with Gasteiger partial charge >= 0.3 is 0 Å². The molecule has 0 saturated heterocycles. The van der Waals surface area contributed by atoms with Crippen LogP contribution in [0.5, 0.6) is 0 Å². The highest BCUT2D eigenvalue weighted by Crippen LogP contribution is 2.23. The van der Waals surface area contributed by atoms with E-state index in [-0.39, 0.29) is 6.54 Å². The maximum atomic E-state index is 10.6. The molecule has 1 aliphatic heterocycles. The zero-order valence-corrected chi connectivity index (χ0v) is 14.9. The molecule has 24 heavy (non-hydrogen) atoms. The predicted molar refractivity (Wildman–Crippen MR) is 95.1 cm³/mol. The Morgan fingerprint density at radius 1 is 1.38 bits per heavy atom. The van der Waals surface area contributed by atoms with Crippen LogP contribution in [0.1, 0.15) is 38.2 Å². The van der Waals surface area contributed by atoms with Gasteiger partial charge in [0.15, 0.2) is 5.96 Å². The van der Waals surface area contributed by atoms with Crippen molar-refractivity contribution >= 4 is 5.96 Å². The summed E-state index contributed by atoms with van der Waals surface area (Å²) in [6, 6.07) is 3.64. The highest BCUT2D eigenvalue weighted by atomic mass is 16.5. The van der Waals surface area contributed by atoms with Crippen LogP contribution in [-0.4, -0.2) is 43.9 Å². The Balaban J connectivity index is 1.88. The highest BCUT2D eigenvalue weighted by Gasteiger charge is 2.26. The fraction of sp³-hybridized carbons (Fsp3) is 0.611. The maximum Gasteiger partial charge on any atom is 0.191 e. The topological polar surface area (TPSA) is 79.0 Å². The molecule has 0 aliphatic carbocycles. The molecular formula is C18H29N3O3. The minimum absolute atomic E-state index is 0.228. The minimum atomic E-state index is -1.13. The van der Waals surface area contributed by atoms with Gasteiger partial charge in [-0.1, -0.05) is 11.6 Å². The van der Waals surface area contributed by atoms with Crippen LogP contribution in [0, 0.1) is 6.92 Å². The van der Waals surface area contributed by atoms with Crippen LogP contribution in [0.2, 0.25) is 0 Å². The van der Waals surface area contributed by atoms with Crippen LogP contribution in [0.25, 0.3) is 0 Å². The Hall–Kier alpha value is -1.79. The van der Waals surface area contributed by atoms with Crippen molar-refractivity contribution in [1.29, 1.82) is 0 Å². The first-order valence-corrected chi connectivity index (χ1v) is 8.58. The summed E-state index contributed by atoms with van der Waals surface area (Å²) < 4.78 is 10.8. The summed E-state index contributed by atoms with van der Waals surface area (Å²) in [5.41, 5.74) is 0.294.